The Bertz CT molecular complexity index is 712. The summed E-state index contributed by atoms with van der Waals surface area (Å²) in [7, 11) is 0. The number of carbonyl (C=O) groups is 2. The number of nitrogens with two attached hydrogens (primary N) is 1. The van der Waals surface area contributed by atoms with E-state index in [1.807, 2.05) is 0 Å². The maximum Gasteiger partial charge on any atom is 0.257 e. The first-order chi connectivity index (χ1) is 13.3. The van der Waals surface area contributed by atoms with Crippen LogP contribution in [0.3, 0.4) is 0 Å². The highest BCUT2D eigenvalue weighted by Crippen LogP contribution is 2.39. The average Bonchev–Trinajstić information content (AvgIpc) is 2.60. The van der Waals surface area contributed by atoms with Crippen LogP contribution >= 0.6 is 12.4 Å². The lowest BCUT2D eigenvalue weighted by Gasteiger charge is -2.45. The van der Waals surface area contributed by atoms with E-state index >= 15 is 0 Å². The number of hydrogen-bond donors (Lipinski definition) is 3. The molecule has 1 aromatic carbocycles. The topological polar surface area (TPSA) is 84.2 Å². The van der Waals surface area contributed by atoms with Crippen LogP contribution in [0, 0.1) is 29.4 Å². The van der Waals surface area contributed by atoms with E-state index in [1.54, 1.807) is 13.8 Å². The van der Waals surface area contributed by atoms with Crippen molar-refractivity contribution in [2.75, 3.05) is 0 Å². The average molecular weight is 430 g/mol. The maximum atomic E-state index is 13.9. The van der Waals surface area contributed by atoms with Gasteiger partial charge in [0.05, 0.1) is 0 Å². The van der Waals surface area contributed by atoms with Gasteiger partial charge in [-0.2, -0.15) is 0 Å². The van der Waals surface area contributed by atoms with Gasteiger partial charge in [0.25, 0.3) is 5.91 Å². The minimum absolute atomic E-state index is 0. The van der Waals surface area contributed by atoms with Crippen LogP contribution < -0.4 is 16.4 Å². The van der Waals surface area contributed by atoms with Crippen LogP contribution in [0.1, 0.15) is 56.3 Å². The molecule has 2 fully saturated rings. The van der Waals surface area contributed by atoms with Crippen molar-refractivity contribution in [2.24, 2.45) is 23.5 Å². The molecule has 2 amide bonds. The fraction of sp³-hybridized carbons (Fsp3) is 0.619. The molecule has 2 aliphatic rings. The highest BCUT2D eigenvalue weighted by atomic mass is 35.5. The number of rotatable bonds is 5. The Hall–Kier alpha value is -1.73. The molecule has 0 saturated heterocycles. The van der Waals surface area contributed by atoms with Crippen LogP contribution in [0.5, 0.6) is 0 Å². The number of amides is 2. The Morgan fingerprint density at radius 3 is 2.17 bits per heavy atom. The van der Waals surface area contributed by atoms with Gasteiger partial charge < -0.3 is 16.4 Å². The van der Waals surface area contributed by atoms with Crippen molar-refractivity contribution in [2.45, 2.75) is 64.1 Å². The lowest BCUT2D eigenvalue weighted by atomic mass is 9.67. The van der Waals surface area contributed by atoms with Crippen molar-refractivity contribution >= 4 is 24.2 Å². The predicted molar refractivity (Wildman–Crippen MR) is 110 cm³/mol. The van der Waals surface area contributed by atoms with E-state index in [0.29, 0.717) is 11.8 Å². The van der Waals surface area contributed by atoms with E-state index in [1.165, 1.54) is 6.07 Å². The van der Waals surface area contributed by atoms with Gasteiger partial charge in [-0.15, -0.1) is 12.4 Å². The molecule has 29 heavy (non-hydrogen) atoms. The summed E-state index contributed by atoms with van der Waals surface area (Å²) in [6.07, 6.45) is 5.00. The number of fused-ring (bicyclic) bond motifs is 2. The van der Waals surface area contributed by atoms with Gasteiger partial charge in [-0.1, -0.05) is 26.3 Å². The summed E-state index contributed by atoms with van der Waals surface area (Å²) < 4.78 is 27.8. The fourth-order valence-corrected chi connectivity index (χ4v) is 4.74. The Balaban J connectivity index is 0.00000300. The van der Waals surface area contributed by atoms with Crippen LogP contribution in [0.15, 0.2) is 18.2 Å². The summed E-state index contributed by atoms with van der Waals surface area (Å²) in [6, 6.07) is 2.59. The molecule has 0 spiro atoms. The summed E-state index contributed by atoms with van der Waals surface area (Å²) in [5.74, 6) is -2.66. The zero-order chi connectivity index (χ0) is 20.4. The zero-order valence-electron chi connectivity index (χ0n) is 16.8. The summed E-state index contributed by atoms with van der Waals surface area (Å²) >= 11 is 0. The lowest BCUT2D eigenvalue weighted by Crippen LogP contribution is -2.58. The molecule has 3 atom stereocenters. The van der Waals surface area contributed by atoms with Gasteiger partial charge in [-0.25, -0.2) is 8.78 Å². The fourth-order valence-electron chi connectivity index (χ4n) is 4.74. The molecular weight excluding hydrogens is 400 g/mol. The normalized spacial score (nSPS) is 27.0. The van der Waals surface area contributed by atoms with Crippen LogP contribution in [0.4, 0.5) is 8.78 Å². The molecule has 5 nitrogen and oxygen atoms in total. The van der Waals surface area contributed by atoms with Gasteiger partial charge in [-0.3, -0.25) is 9.59 Å². The molecular formula is C21H30ClF2N3O2. The molecule has 3 rings (SSSR count). The Morgan fingerprint density at radius 2 is 1.66 bits per heavy atom. The number of nitrogens with one attached hydrogen (secondary N) is 2. The second-order valence-electron chi connectivity index (χ2n) is 8.51. The second kappa shape index (κ2) is 9.85. The highest BCUT2D eigenvalue weighted by Gasteiger charge is 2.41. The van der Waals surface area contributed by atoms with Crippen LogP contribution in [0.2, 0.25) is 0 Å². The zero-order valence-corrected chi connectivity index (χ0v) is 17.6. The third-order valence-electron chi connectivity index (χ3n) is 6.11. The van der Waals surface area contributed by atoms with E-state index in [-0.39, 0.29) is 36.3 Å². The highest BCUT2D eigenvalue weighted by molar-refractivity contribution is 5.98. The molecule has 2 aliphatic carbocycles. The standard InChI is InChI=1S/C21H29F2N3O2.ClH/c1-11(2)18(25-20(27)17-15(22)7-4-8-16(17)23)21(28)26-19-12-5-3-6-13(19)10-14(24)9-12;/h4,7-8,11-14,18-19H,3,5-6,9-10,24H2,1-2H3,(H,25,27)(H,26,28);1H. The number of halogens is 3. The molecule has 0 aromatic heterocycles. The van der Waals surface area contributed by atoms with Crippen LogP contribution in [-0.2, 0) is 4.79 Å². The van der Waals surface area contributed by atoms with E-state index < -0.39 is 29.1 Å². The largest absolute Gasteiger partial charge is 0.351 e. The quantitative estimate of drug-likeness (QED) is 0.672. The molecule has 2 bridgehead atoms. The molecule has 4 N–H and O–H groups in total. The first-order valence-electron chi connectivity index (χ1n) is 10.1. The van der Waals surface area contributed by atoms with Gasteiger partial charge in [0.2, 0.25) is 5.91 Å². The number of hydrogen-bond acceptors (Lipinski definition) is 3. The molecule has 0 radical (unpaired) electrons. The lowest BCUT2D eigenvalue weighted by molar-refractivity contribution is -0.126. The Kier molecular flexibility index (Phi) is 8.00. The van der Waals surface area contributed by atoms with Gasteiger partial charge in [-0.05, 0) is 55.6 Å². The Morgan fingerprint density at radius 1 is 1.10 bits per heavy atom. The van der Waals surface area contributed by atoms with Crippen molar-refractivity contribution in [1.29, 1.82) is 0 Å². The van der Waals surface area contributed by atoms with E-state index in [0.717, 1.165) is 44.2 Å². The van der Waals surface area contributed by atoms with Crippen LogP contribution in [0.25, 0.3) is 0 Å². The number of benzene rings is 1. The molecule has 0 aliphatic heterocycles. The first kappa shape index (κ1) is 23.5. The monoisotopic (exact) mass is 429 g/mol. The smallest absolute Gasteiger partial charge is 0.257 e. The number of carbonyl (C=O) groups excluding carboxylic acids is 2. The predicted octanol–water partition coefficient (Wildman–Crippen LogP) is 3.16. The van der Waals surface area contributed by atoms with Gasteiger partial charge in [0, 0.05) is 12.1 Å². The van der Waals surface area contributed by atoms with Crippen molar-refractivity contribution < 1.29 is 18.4 Å². The van der Waals surface area contributed by atoms with Crippen LogP contribution in [-0.4, -0.2) is 29.9 Å². The molecule has 3 unspecified atom stereocenters. The molecule has 1 aromatic rings. The summed E-state index contributed by atoms with van der Waals surface area (Å²) in [5.41, 5.74) is 5.48. The second-order valence-corrected chi connectivity index (χ2v) is 8.51. The van der Waals surface area contributed by atoms with Crippen molar-refractivity contribution in [3.05, 3.63) is 35.4 Å². The first-order valence-corrected chi connectivity index (χ1v) is 10.1. The minimum atomic E-state index is -0.948. The molecule has 0 heterocycles. The van der Waals surface area contributed by atoms with E-state index in [2.05, 4.69) is 10.6 Å². The summed E-state index contributed by atoms with van der Waals surface area (Å²) in [6.45, 7) is 3.58. The summed E-state index contributed by atoms with van der Waals surface area (Å²) in [4.78, 5) is 25.4. The molecule has 162 valence electrons. The SMILES string of the molecule is CC(C)C(NC(=O)c1c(F)cccc1F)C(=O)NC1C2CCCC1CC(N)C2.Cl. The molecule has 8 heteroatoms. The van der Waals surface area contributed by atoms with Crippen molar-refractivity contribution in [1.82, 2.24) is 10.6 Å². The summed E-state index contributed by atoms with van der Waals surface area (Å²) in [5, 5.41) is 5.63. The van der Waals surface area contributed by atoms with Gasteiger partial charge >= 0.3 is 0 Å². The third-order valence-corrected chi connectivity index (χ3v) is 6.11. The van der Waals surface area contributed by atoms with E-state index in [4.69, 9.17) is 5.73 Å². The van der Waals surface area contributed by atoms with E-state index in [9.17, 15) is 18.4 Å². The van der Waals surface area contributed by atoms with Gasteiger partial charge in [0.1, 0.15) is 23.2 Å². The Labute approximate surface area is 176 Å². The minimum Gasteiger partial charge on any atom is -0.351 e. The third kappa shape index (κ3) is 5.25. The van der Waals surface area contributed by atoms with Gasteiger partial charge in [0.15, 0.2) is 0 Å². The maximum absolute atomic E-state index is 13.9. The molecule has 2 saturated carbocycles. The van der Waals surface area contributed by atoms with Crippen molar-refractivity contribution in [3.63, 3.8) is 0 Å². The van der Waals surface area contributed by atoms with Crippen molar-refractivity contribution in [3.8, 4) is 0 Å².